The molecule has 0 saturated heterocycles. The summed E-state index contributed by atoms with van der Waals surface area (Å²) >= 11 is 0.116. The highest BCUT2D eigenvalue weighted by atomic mass is 32.2. The molecular weight excluding hydrogens is 312 g/mol. The Morgan fingerprint density at radius 3 is 2.24 bits per heavy atom. The second-order valence-corrected chi connectivity index (χ2v) is 4.69. The van der Waals surface area contributed by atoms with Gasteiger partial charge in [0.05, 0.1) is 4.90 Å². The quantitative estimate of drug-likeness (QED) is 0.518. The Balaban J connectivity index is 2.33. The number of hydrogen-bond donors (Lipinski definition) is 2. The van der Waals surface area contributed by atoms with Gasteiger partial charge in [-0.3, -0.25) is 4.79 Å². The average Bonchev–Trinajstić information content (AvgIpc) is 2.70. The minimum Gasteiger partial charge on any atom is -0.343 e. The Morgan fingerprint density at radius 2 is 1.76 bits per heavy atom. The maximum atomic E-state index is 13.8. The van der Waals surface area contributed by atoms with E-state index in [-0.39, 0.29) is 22.6 Å². The van der Waals surface area contributed by atoms with Gasteiger partial charge >= 0.3 is 0 Å². The van der Waals surface area contributed by atoms with Gasteiger partial charge < -0.3 is 14.4 Å². The van der Waals surface area contributed by atoms with E-state index in [0.29, 0.717) is 12.1 Å². The van der Waals surface area contributed by atoms with Crippen LogP contribution in [0.1, 0.15) is 10.5 Å². The molecule has 21 heavy (non-hydrogen) atoms. The van der Waals surface area contributed by atoms with Crippen molar-refractivity contribution in [3.05, 3.63) is 47.3 Å². The first-order valence-electron chi connectivity index (χ1n) is 5.47. The highest BCUT2D eigenvalue weighted by Crippen LogP contribution is 2.24. The van der Waals surface area contributed by atoms with Crippen molar-refractivity contribution in [2.24, 2.45) is 7.05 Å². The Kier molecular flexibility index (Phi) is 4.24. The lowest BCUT2D eigenvalue weighted by molar-refractivity contribution is 0.101. The number of hydrogen-bond acceptors (Lipinski definition) is 3. The third-order valence-corrected chi connectivity index (χ3v) is 3.12. The summed E-state index contributed by atoms with van der Waals surface area (Å²) in [6.07, 6.45) is 1.17. The van der Waals surface area contributed by atoms with Crippen LogP contribution in [0.25, 0.3) is 0 Å². The molecule has 0 fully saturated rings. The summed E-state index contributed by atoms with van der Waals surface area (Å²) in [5, 5.41) is 2.05. The van der Waals surface area contributed by atoms with Gasteiger partial charge in [0.1, 0.15) is 5.69 Å². The maximum absolute atomic E-state index is 13.8. The van der Waals surface area contributed by atoms with Crippen molar-refractivity contribution < 1.29 is 26.9 Å². The fourth-order valence-corrected chi connectivity index (χ4v) is 2.09. The fourth-order valence-electron chi connectivity index (χ4n) is 1.71. The van der Waals surface area contributed by atoms with Crippen LogP contribution < -0.4 is 5.32 Å². The molecule has 2 aromatic rings. The smallest absolute Gasteiger partial charge is 0.275 e. The Bertz CT molecular complexity index is 695. The van der Waals surface area contributed by atoms with Gasteiger partial charge in [0.25, 0.3) is 5.91 Å². The first kappa shape index (κ1) is 15.4. The van der Waals surface area contributed by atoms with Crippen LogP contribution in [0, 0.1) is 23.3 Å². The Hall–Kier alpha value is -2.00. The standard InChI is InChI=1S/C12H8F4N2O2S/c1-18-4-8(21-20)10(16)11(18)12(19)17-5-2-6(13)9(15)7(14)3-5/h2-4,20H,1H3,(H,17,19). The van der Waals surface area contributed by atoms with Gasteiger partial charge in [0, 0.05) is 43.1 Å². The molecule has 1 aromatic carbocycles. The summed E-state index contributed by atoms with van der Waals surface area (Å²) in [5.74, 6) is -6.61. The first-order chi connectivity index (χ1) is 9.85. The molecule has 0 radical (unpaired) electrons. The normalized spacial score (nSPS) is 10.8. The predicted molar refractivity (Wildman–Crippen MR) is 68.1 cm³/mol. The number of anilines is 1. The van der Waals surface area contributed by atoms with Gasteiger partial charge in [-0.15, -0.1) is 0 Å². The summed E-state index contributed by atoms with van der Waals surface area (Å²) in [6, 6.07) is 1.14. The first-order valence-corrected chi connectivity index (χ1v) is 6.24. The number of nitrogens with one attached hydrogen (secondary N) is 1. The van der Waals surface area contributed by atoms with Gasteiger partial charge in [-0.25, -0.2) is 17.6 Å². The number of carbonyl (C=O) groups excluding carboxylic acids is 1. The minimum absolute atomic E-state index is 0.116. The third kappa shape index (κ3) is 2.88. The predicted octanol–water partition coefficient (Wildman–Crippen LogP) is 3.40. The molecule has 0 aliphatic rings. The van der Waals surface area contributed by atoms with E-state index >= 15 is 0 Å². The molecule has 1 amide bonds. The lowest BCUT2D eigenvalue weighted by Gasteiger charge is -2.07. The molecule has 0 saturated carbocycles. The summed E-state index contributed by atoms with van der Waals surface area (Å²) in [4.78, 5) is 11.7. The van der Waals surface area contributed by atoms with Crippen LogP contribution in [0.15, 0.2) is 23.2 Å². The van der Waals surface area contributed by atoms with Crippen LogP contribution in [0.2, 0.25) is 0 Å². The molecule has 1 heterocycles. The van der Waals surface area contributed by atoms with Crippen molar-refractivity contribution in [1.29, 1.82) is 0 Å². The summed E-state index contributed by atoms with van der Waals surface area (Å²) in [5.41, 5.74) is -0.813. The van der Waals surface area contributed by atoms with E-state index in [1.807, 2.05) is 5.32 Å². The van der Waals surface area contributed by atoms with Gasteiger partial charge in [-0.1, -0.05) is 0 Å². The van der Waals surface area contributed by atoms with E-state index in [4.69, 9.17) is 4.55 Å². The van der Waals surface area contributed by atoms with Crippen molar-refractivity contribution in [2.45, 2.75) is 4.90 Å². The maximum Gasteiger partial charge on any atom is 0.275 e. The van der Waals surface area contributed by atoms with Gasteiger partial charge in [-0.05, 0) is 0 Å². The number of nitrogens with zero attached hydrogens (tertiary/aromatic N) is 1. The van der Waals surface area contributed by atoms with Crippen LogP contribution >= 0.6 is 12.0 Å². The molecule has 2 N–H and O–H groups in total. The molecule has 0 aliphatic heterocycles. The molecule has 112 valence electrons. The van der Waals surface area contributed by atoms with Crippen molar-refractivity contribution in [3.8, 4) is 0 Å². The number of amides is 1. The molecule has 0 bridgehead atoms. The molecule has 0 atom stereocenters. The number of rotatable bonds is 3. The van der Waals surface area contributed by atoms with Crippen LogP contribution in [-0.2, 0) is 7.05 Å². The van der Waals surface area contributed by atoms with Gasteiger partial charge in [0.15, 0.2) is 23.3 Å². The van der Waals surface area contributed by atoms with Crippen LogP contribution in [0.4, 0.5) is 23.2 Å². The molecule has 0 spiro atoms. The zero-order chi connectivity index (χ0) is 15.7. The van der Waals surface area contributed by atoms with E-state index in [1.165, 1.54) is 13.2 Å². The van der Waals surface area contributed by atoms with Crippen molar-refractivity contribution >= 4 is 23.6 Å². The van der Waals surface area contributed by atoms with E-state index in [0.717, 1.165) is 4.57 Å². The largest absolute Gasteiger partial charge is 0.343 e. The summed E-state index contributed by atoms with van der Waals surface area (Å²) in [7, 11) is 1.35. The fraction of sp³-hybridized carbons (Fsp3) is 0.0833. The van der Waals surface area contributed by atoms with Crippen molar-refractivity contribution in [2.75, 3.05) is 5.32 Å². The molecule has 2 rings (SSSR count). The van der Waals surface area contributed by atoms with E-state index in [9.17, 15) is 22.4 Å². The van der Waals surface area contributed by atoms with Gasteiger partial charge in [-0.2, -0.15) is 0 Å². The molecule has 4 nitrogen and oxygen atoms in total. The number of aryl methyl sites for hydroxylation is 1. The third-order valence-electron chi connectivity index (χ3n) is 2.64. The second-order valence-electron chi connectivity index (χ2n) is 4.07. The lowest BCUT2D eigenvalue weighted by atomic mass is 10.2. The monoisotopic (exact) mass is 320 g/mol. The van der Waals surface area contributed by atoms with Crippen LogP contribution in [0.3, 0.4) is 0 Å². The molecule has 0 unspecified atom stereocenters. The van der Waals surface area contributed by atoms with Crippen LogP contribution in [0.5, 0.6) is 0 Å². The highest BCUT2D eigenvalue weighted by Gasteiger charge is 2.22. The van der Waals surface area contributed by atoms with Crippen molar-refractivity contribution in [3.63, 3.8) is 0 Å². The zero-order valence-corrected chi connectivity index (χ0v) is 11.3. The topological polar surface area (TPSA) is 54.3 Å². The van der Waals surface area contributed by atoms with Gasteiger partial charge in [0.2, 0.25) is 0 Å². The number of carbonyl (C=O) groups is 1. The minimum atomic E-state index is -1.67. The van der Waals surface area contributed by atoms with E-state index in [2.05, 4.69) is 0 Å². The Labute approximate surface area is 120 Å². The molecular formula is C12H8F4N2O2S. The van der Waals surface area contributed by atoms with Crippen LogP contribution in [-0.4, -0.2) is 15.0 Å². The van der Waals surface area contributed by atoms with E-state index in [1.54, 1.807) is 0 Å². The molecule has 0 aliphatic carbocycles. The van der Waals surface area contributed by atoms with E-state index < -0.39 is 34.9 Å². The molecule has 1 aromatic heterocycles. The lowest BCUT2D eigenvalue weighted by Crippen LogP contribution is -2.17. The number of benzene rings is 1. The molecule has 9 heteroatoms. The van der Waals surface area contributed by atoms with Crippen molar-refractivity contribution in [1.82, 2.24) is 4.57 Å². The Morgan fingerprint density at radius 1 is 1.19 bits per heavy atom. The summed E-state index contributed by atoms with van der Waals surface area (Å²) < 4.78 is 62.6. The average molecular weight is 320 g/mol. The highest BCUT2D eigenvalue weighted by molar-refractivity contribution is 7.93. The zero-order valence-electron chi connectivity index (χ0n) is 10.5. The summed E-state index contributed by atoms with van der Waals surface area (Å²) in [6.45, 7) is 0. The second kappa shape index (κ2) is 5.78. The number of aromatic nitrogens is 1. The SMILES string of the molecule is Cn1cc(SO)c(F)c1C(=O)Nc1cc(F)c(F)c(F)c1. The number of halogens is 4.